The van der Waals surface area contributed by atoms with Crippen molar-refractivity contribution in [1.82, 2.24) is 4.31 Å². The van der Waals surface area contributed by atoms with Crippen LogP contribution in [0.1, 0.15) is 18.1 Å². The van der Waals surface area contributed by atoms with E-state index in [1.54, 1.807) is 20.8 Å². The number of rotatable bonds is 4. The van der Waals surface area contributed by atoms with Crippen LogP contribution in [0.4, 0.5) is 4.39 Å². The van der Waals surface area contributed by atoms with Crippen LogP contribution in [0.25, 0.3) is 0 Å². The molecule has 1 unspecified atom stereocenters. The van der Waals surface area contributed by atoms with Crippen molar-refractivity contribution in [2.75, 3.05) is 12.4 Å². The minimum Gasteiger partial charge on any atom is -0.207 e. The Hall–Kier alpha value is -0.460. The van der Waals surface area contributed by atoms with Gasteiger partial charge in [-0.05, 0) is 44.0 Å². The van der Waals surface area contributed by atoms with E-state index >= 15 is 0 Å². The van der Waals surface area contributed by atoms with E-state index in [4.69, 9.17) is 0 Å². The Morgan fingerprint density at radius 1 is 1.33 bits per heavy atom. The van der Waals surface area contributed by atoms with Gasteiger partial charge in [0.25, 0.3) is 0 Å². The van der Waals surface area contributed by atoms with Crippen LogP contribution in [0.3, 0.4) is 0 Å². The Morgan fingerprint density at radius 3 is 2.17 bits per heavy atom. The lowest BCUT2D eigenvalue weighted by Gasteiger charge is -2.24. The second-order valence-electron chi connectivity index (χ2n) is 4.39. The van der Waals surface area contributed by atoms with Crippen LogP contribution in [0, 0.1) is 19.7 Å². The fourth-order valence-corrected chi connectivity index (χ4v) is 4.18. The van der Waals surface area contributed by atoms with Gasteiger partial charge in [-0.3, -0.25) is 0 Å². The molecule has 0 heterocycles. The maximum Gasteiger partial charge on any atom is 0.243 e. The second-order valence-corrected chi connectivity index (χ2v) is 6.98. The van der Waals surface area contributed by atoms with Crippen molar-refractivity contribution in [2.45, 2.75) is 31.7 Å². The molecule has 3 nitrogen and oxygen atoms in total. The molecule has 1 rings (SSSR count). The van der Waals surface area contributed by atoms with E-state index < -0.39 is 15.8 Å². The summed E-state index contributed by atoms with van der Waals surface area (Å²) >= 11 is 3.26. The van der Waals surface area contributed by atoms with Gasteiger partial charge in [0.2, 0.25) is 10.0 Å². The van der Waals surface area contributed by atoms with E-state index in [-0.39, 0.29) is 10.9 Å². The van der Waals surface area contributed by atoms with E-state index in [2.05, 4.69) is 15.9 Å². The number of halogens is 2. The van der Waals surface area contributed by atoms with Gasteiger partial charge < -0.3 is 0 Å². The quantitative estimate of drug-likeness (QED) is 0.792. The van der Waals surface area contributed by atoms with Gasteiger partial charge >= 0.3 is 0 Å². The lowest BCUT2D eigenvalue weighted by atomic mass is 10.1. The van der Waals surface area contributed by atoms with E-state index in [0.717, 1.165) is 0 Å². The molecule has 0 aliphatic carbocycles. The van der Waals surface area contributed by atoms with Crippen molar-refractivity contribution in [3.63, 3.8) is 0 Å². The molecule has 102 valence electrons. The maximum absolute atomic E-state index is 13.2. The monoisotopic (exact) mass is 337 g/mol. The molecule has 1 atom stereocenters. The molecule has 0 aliphatic rings. The van der Waals surface area contributed by atoms with Crippen molar-refractivity contribution in [2.24, 2.45) is 0 Å². The number of hydrogen-bond acceptors (Lipinski definition) is 2. The molecule has 1 aromatic carbocycles. The summed E-state index contributed by atoms with van der Waals surface area (Å²) in [6.45, 7) is 5.02. The van der Waals surface area contributed by atoms with E-state index in [9.17, 15) is 12.8 Å². The van der Waals surface area contributed by atoms with Gasteiger partial charge in [0.1, 0.15) is 5.82 Å². The summed E-state index contributed by atoms with van der Waals surface area (Å²) < 4.78 is 39.4. The Morgan fingerprint density at radius 2 is 1.78 bits per heavy atom. The Labute approximate surface area is 116 Å². The predicted octanol–water partition coefficient (Wildman–Crippen LogP) is 2.85. The molecule has 0 N–H and O–H groups in total. The SMILES string of the molecule is Cc1cc(F)cc(C)c1S(=O)(=O)N(C)C(C)CBr. The minimum atomic E-state index is -3.59. The third kappa shape index (κ3) is 2.92. The highest BCUT2D eigenvalue weighted by molar-refractivity contribution is 9.09. The number of benzene rings is 1. The minimum absolute atomic E-state index is 0.168. The van der Waals surface area contributed by atoms with E-state index in [0.29, 0.717) is 16.5 Å². The number of aryl methyl sites for hydroxylation is 2. The van der Waals surface area contributed by atoms with Gasteiger partial charge in [0, 0.05) is 18.4 Å². The first-order chi connectivity index (χ1) is 8.21. The first-order valence-corrected chi connectivity index (χ1v) is 8.08. The zero-order chi connectivity index (χ0) is 14.1. The van der Waals surface area contributed by atoms with Crippen molar-refractivity contribution < 1.29 is 12.8 Å². The first kappa shape index (κ1) is 15.6. The zero-order valence-electron chi connectivity index (χ0n) is 10.9. The van der Waals surface area contributed by atoms with Crippen LogP contribution in [-0.4, -0.2) is 31.1 Å². The average molecular weight is 338 g/mol. The van der Waals surface area contributed by atoms with Gasteiger partial charge in [-0.15, -0.1) is 0 Å². The van der Waals surface area contributed by atoms with Crippen LogP contribution < -0.4 is 0 Å². The lowest BCUT2D eigenvalue weighted by molar-refractivity contribution is 0.415. The highest BCUT2D eigenvalue weighted by atomic mass is 79.9. The van der Waals surface area contributed by atoms with Crippen LogP contribution in [0.5, 0.6) is 0 Å². The lowest BCUT2D eigenvalue weighted by Crippen LogP contribution is -2.36. The first-order valence-electron chi connectivity index (χ1n) is 5.52. The maximum atomic E-state index is 13.2. The summed E-state index contributed by atoms with van der Waals surface area (Å²) in [5.74, 6) is -0.417. The summed E-state index contributed by atoms with van der Waals surface area (Å²) in [6.07, 6.45) is 0. The van der Waals surface area contributed by atoms with Gasteiger partial charge in [0.15, 0.2) is 0 Å². The molecule has 0 bridgehead atoms. The van der Waals surface area contributed by atoms with Crippen molar-refractivity contribution in [1.29, 1.82) is 0 Å². The van der Waals surface area contributed by atoms with Gasteiger partial charge in [0.05, 0.1) is 4.90 Å². The molecule has 0 aliphatic heterocycles. The largest absolute Gasteiger partial charge is 0.243 e. The zero-order valence-corrected chi connectivity index (χ0v) is 13.3. The molecular formula is C12H17BrFNO2S. The highest BCUT2D eigenvalue weighted by Crippen LogP contribution is 2.25. The summed E-state index contributed by atoms with van der Waals surface area (Å²) in [4.78, 5) is 0.194. The predicted molar refractivity (Wildman–Crippen MR) is 74.1 cm³/mol. The van der Waals surface area contributed by atoms with Crippen LogP contribution in [-0.2, 0) is 10.0 Å². The fraction of sp³-hybridized carbons (Fsp3) is 0.500. The Kier molecular flexibility index (Phi) is 4.91. The third-order valence-corrected chi connectivity index (χ3v) is 6.12. The van der Waals surface area contributed by atoms with Crippen molar-refractivity contribution in [3.8, 4) is 0 Å². The fourth-order valence-electron chi connectivity index (χ4n) is 1.78. The van der Waals surface area contributed by atoms with Crippen molar-refractivity contribution in [3.05, 3.63) is 29.1 Å². The Balaban J connectivity index is 3.38. The molecule has 0 aromatic heterocycles. The molecular weight excluding hydrogens is 321 g/mol. The van der Waals surface area contributed by atoms with E-state index in [1.807, 2.05) is 0 Å². The highest BCUT2D eigenvalue weighted by Gasteiger charge is 2.28. The second kappa shape index (κ2) is 5.67. The number of alkyl halides is 1. The molecule has 1 aromatic rings. The molecule has 0 saturated heterocycles. The van der Waals surface area contributed by atoms with E-state index in [1.165, 1.54) is 23.5 Å². The molecule has 0 radical (unpaired) electrons. The molecule has 0 amide bonds. The third-order valence-electron chi connectivity index (χ3n) is 2.91. The summed E-state index contributed by atoms with van der Waals surface area (Å²) in [5, 5.41) is 0.544. The standard InChI is InChI=1S/C12H17BrFNO2S/c1-8-5-11(14)6-9(2)12(8)18(16,17)15(4)10(3)7-13/h5-6,10H,7H2,1-4H3. The molecule has 6 heteroatoms. The van der Waals surface area contributed by atoms with Gasteiger partial charge in [-0.25, -0.2) is 12.8 Å². The van der Waals surface area contributed by atoms with Crippen molar-refractivity contribution >= 4 is 26.0 Å². The van der Waals surface area contributed by atoms with Gasteiger partial charge in [-0.2, -0.15) is 4.31 Å². The molecule has 0 saturated carbocycles. The van der Waals surface area contributed by atoms with Gasteiger partial charge in [-0.1, -0.05) is 15.9 Å². The summed E-state index contributed by atoms with van der Waals surface area (Å²) in [7, 11) is -2.06. The average Bonchev–Trinajstić information content (AvgIpc) is 2.24. The molecule has 0 spiro atoms. The van der Waals surface area contributed by atoms with Crippen LogP contribution in [0.2, 0.25) is 0 Å². The number of sulfonamides is 1. The smallest absolute Gasteiger partial charge is 0.207 e. The van der Waals surface area contributed by atoms with Crippen LogP contribution >= 0.6 is 15.9 Å². The topological polar surface area (TPSA) is 37.4 Å². The molecule has 0 fully saturated rings. The summed E-state index contributed by atoms with van der Waals surface area (Å²) in [5.41, 5.74) is 0.863. The van der Waals surface area contributed by atoms with Crippen LogP contribution in [0.15, 0.2) is 17.0 Å². The number of nitrogens with zero attached hydrogens (tertiary/aromatic N) is 1. The normalized spacial score (nSPS) is 13.9. The molecule has 18 heavy (non-hydrogen) atoms. The number of hydrogen-bond donors (Lipinski definition) is 0. The summed E-state index contributed by atoms with van der Waals surface area (Å²) in [6, 6.07) is 2.32. The Bertz CT molecular complexity index is 522.